The van der Waals surface area contributed by atoms with Gasteiger partial charge < -0.3 is 9.80 Å². The number of benzene rings is 1. The van der Waals surface area contributed by atoms with Crippen LogP contribution in [0.3, 0.4) is 0 Å². The van der Waals surface area contributed by atoms with Crippen molar-refractivity contribution >= 4 is 17.3 Å². The SMILES string of the molecule is C[C@@H]1CC2C[C@H](C)CC(C(=O)N3CCN(C)c4ccccc43)(C2)C1. The lowest BCUT2D eigenvalue weighted by atomic mass is 9.56. The molecule has 0 aromatic heterocycles. The van der Waals surface area contributed by atoms with Gasteiger partial charge in [0.2, 0.25) is 5.91 Å². The van der Waals surface area contributed by atoms with E-state index in [-0.39, 0.29) is 5.41 Å². The number of rotatable bonds is 1. The Labute approximate surface area is 146 Å². The molecule has 2 saturated carbocycles. The van der Waals surface area contributed by atoms with E-state index in [0.29, 0.717) is 17.7 Å². The predicted octanol–water partition coefficient (Wildman–Crippen LogP) is 4.32. The number of likely N-dealkylation sites (N-methyl/N-ethyl adjacent to an activating group) is 1. The lowest BCUT2D eigenvalue weighted by Crippen LogP contribution is -2.54. The second-order valence-electron chi connectivity index (χ2n) is 8.81. The van der Waals surface area contributed by atoms with Gasteiger partial charge in [-0.25, -0.2) is 0 Å². The topological polar surface area (TPSA) is 23.6 Å². The Kier molecular flexibility index (Phi) is 3.85. The van der Waals surface area contributed by atoms with Crippen molar-refractivity contribution in [1.29, 1.82) is 0 Å². The maximum atomic E-state index is 13.8. The van der Waals surface area contributed by atoms with Crippen LogP contribution in [0.1, 0.15) is 46.0 Å². The van der Waals surface area contributed by atoms with E-state index in [0.717, 1.165) is 44.0 Å². The zero-order chi connectivity index (χ0) is 16.9. The van der Waals surface area contributed by atoms with Crippen LogP contribution in [0.15, 0.2) is 24.3 Å². The molecule has 0 N–H and O–H groups in total. The van der Waals surface area contributed by atoms with E-state index >= 15 is 0 Å². The molecule has 4 rings (SSSR count). The minimum Gasteiger partial charge on any atom is -0.371 e. The quantitative estimate of drug-likeness (QED) is 0.767. The van der Waals surface area contributed by atoms with E-state index in [2.05, 4.69) is 55.0 Å². The van der Waals surface area contributed by atoms with E-state index in [4.69, 9.17) is 0 Å². The number of anilines is 2. The number of fused-ring (bicyclic) bond motifs is 3. The van der Waals surface area contributed by atoms with Crippen molar-refractivity contribution in [2.45, 2.75) is 46.0 Å². The third-order valence-corrected chi connectivity index (χ3v) is 6.57. The molecule has 4 atom stereocenters. The minimum absolute atomic E-state index is 0.108. The lowest BCUT2D eigenvalue weighted by molar-refractivity contribution is -0.136. The zero-order valence-corrected chi connectivity index (χ0v) is 15.3. The molecule has 3 heteroatoms. The number of hydrogen-bond donors (Lipinski definition) is 0. The van der Waals surface area contributed by atoms with Crippen LogP contribution in [0.25, 0.3) is 0 Å². The standard InChI is InChI=1S/C21H30N2O/c1-15-10-17-11-16(2)13-21(12-15,14-17)20(24)23-9-8-22(3)18-6-4-5-7-19(18)23/h4-7,15-17H,8-14H2,1-3H3/t15-,16+,17?,21?. The van der Waals surface area contributed by atoms with Crippen LogP contribution in [0.2, 0.25) is 0 Å². The molecule has 2 aliphatic carbocycles. The van der Waals surface area contributed by atoms with Gasteiger partial charge in [-0.05, 0) is 62.0 Å². The highest BCUT2D eigenvalue weighted by Gasteiger charge is 2.51. The molecule has 2 unspecified atom stereocenters. The summed E-state index contributed by atoms with van der Waals surface area (Å²) in [5.74, 6) is 2.53. The zero-order valence-electron chi connectivity index (χ0n) is 15.3. The van der Waals surface area contributed by atoms with Crippen LogP contribution in [0, 0.1) is 23.2 Å². The number of carbonyl (C=O) groups is 1. The molecule has 24 heavy (non-hydrogen) atoms. The van der Waals surface area contributed by atoms with Gasteiger partial charge in [0.05, 0.1) is 16.8 Å². The average Bonchev–Trinajstić information content (AvgIpc) is 2.53. The second-order valence-corrected chi connectivity index (χ2v) is 8.81. The molecule has 0 spiro atoms. The van der Waals surface area contributed by atoms with Crippen molar-refractivity contribution in [1.82, 2.24) is 0 Å². The molecule has 3 aliphatic rings. The minimum atomic E-state index is -0.108. The summed E-state index contributed by atoms with van der Waals surface area (Å²) in [5, 5.41) is 0. The first-order valence-corrected chi connectivity index (χ1v) is 9.61. The van der Waals surface area contributed by atoms with Crippen LogP contribution in [0.5, 0.6) is 0 Å². The number of hydrogen-bond acceptors (Lipinski definition) is 2. The molecular weight excluding hydrogens is 296 g/mol. The van der Waals surface area contributed by atoms with Crippen molar-refractivity contribution in [2.75, 3.05) is 29.9 Å². The summed E-state index contributed by atoms with van der Waals surface area (Å²) in [6, 6.07) is 8.40. The Balaban J connectivity index is 1.69. The number of nitrogens with zero attached hydrogens (tertiary/aromatic N) is 2. The molecule has 0 radical (unpaired) electrons. The van der Waals surface area contributed by atoms with Crippen molar-refractivity contribution in [3.8, 4) is 0 Å². The van der Waals surface area contributed by atoms with Crippen LogP contribution < -0.4 is 9.80 Å². The van der Waals surface area contributed by atoms with E-state index in [1.54, 1.807) is 0 Å². The number of carbonyl (C=O) groups excluding carboxylic acids is 1. The number of amides is 1. The van der Waals surface area contributed by atoms with E-state index < -0.39 is 0 Å². The van der Waals surface area contributed by atoms with Crippen molar-refractivity contribution < 1.29 is 4.79 Å². The molecule has 0 saturated heterocycles. The second kappa shape index (κ2) is 5.79. The smallest absolute Gasteiger partial charge is 0.233 e. The van der Waals surface area contributed by atoms with E-state index in [9.17, 15) is 4.79 Å². The fraction of sp³-hybridized carbons (Fsp3) is 0.667. The Bertz CT molecular complexity index is 621. The van der Waals surface area contributed by atoms with Crippen molar-refractivity contribution in [2.24, 2.45) is 23.2 Å². The number of para-hydroxylation sites is 2. The van der Waals surface area contributed by atoms with E-state index in [1.807, 2.05) is 0 Å². The first-order chi connectivity index (χ1) is 11.5. The Morgan fingerprint density at radius 3 is 2.29 bits per heavy atom. The summed E-state index contributed by atoms with van der Waals surface area (Å²) >= 11 is 0. The van der Waals surface area contributed by atoms with Gasteiger partial charge in [-0.1, -0.05) is 26.0 Å². The third kappa shape index (κ3) is 2.53. The predicted molar refractivity (Wildman–Crippen MR) is 99.4 cm³/mol. The van der Waals surface area contributed by atoms with Gasteiger partial charge in [0.1, 0.15) is 0 Å². The first kappa shape index (κ1) is 16.0. The summed E-state index contributed by atoms with van der Waals surface area (Å²) in [6.07, 6.45) is 5.93. The normalized spacial score (nSPS) is 35.5. The van der Waals surface area contributed by atoms with Crippen LogP contribution in [0.4, 0.5) is 11.4 Å². The van der Waals surface area contributed by atoms with Crippen molar-refractivity contribution in [3.63, 3.8) is 0 Å². The molecule has 1 aromatic carbocycles. The van der Waals surface area contributed by atoms with Gasteiger partial charge in [-0.15, -0.1) is 0 Å². The summed E-state index contributed by atoms with van der Waals surface area (Å²) in [7, 11) is 2.13. The molecule has 1 aromatic rings. The molecule has 1 amide bonds. The first-order valence-electron chi connectivity index (χ1n) is 9.61. The maximum absolute atomic E-state index is 13.8. The largest absolute Gasteiger partial charge is 0.371 e. The summed E-state index contributed by atoms with van der Waals surface area (Å²) in [4.78, 5) is 18.1. The van der Waals surface area contributed by atoms with Crippen LogP contribution in [-0.4, -0.2) is 26.0 Å². The molecule has 2 bridgehead atoms. The highest BCUT2D eigenvalue weighted by molar-refractivity contribution is 6.01. The molecule has 3 nitrogen and oxygen atoms in total. The van der Waals surface area contributed by atoms with Crippen LogP contribution in [-0.2, 0) is 4.79 Å². The fourth-order valence-corrected chi connectivity index (χ4v) is 5.97. The van der Waals surface area contributed by atoms with Crippen molar-refractivity contribution in [3.05, 3.63) is 24.3 Å². The van der Waals surface area contributed by atoms with Gasteiger partial charge in [0.15, 0.2) is 0 Å². The highest BCUT2D eigenvalue weighted by atomic mass is 16.2. The fourth-order valence-electron chi connectivity index (χ4n) is 5.97. The maximum Gasteiger partial charge on any atom is 0.233 e. The molecule has 1 heterocycles. The summed E-state index contributed by atoms with van der Waals surface area (Å²) < 4.78 is 0. The van der Waals surface area contributed by atoms with Crippen LogP contribution >= 0.6 is 0 Å². The molecule has 1 aliphatic heterocycles. The summed E-state index contributed by atoms with van der Waals surface area (Å²) in [6.45, 7) is 6.44. The highest BCUT2D eigenvalue weighted by Crippen LogP contribution is 2.54. The molecule has 2 fully saturated rings. The monoisotopic (exact) mass is 326 g/mol. The van der Waals surface area contributed by atoms with Gasteiger partial charge in [0.25, 0.3) is 0 Å². The Morgan fingerprint density at radius 2 is 1.62 bits per heavy atom. The Hall–Kier alpha value is -1.51. The van der Waals surface area contributed by atoms with Gasteiger partial charge >= 0.3 is 0 Å². The van der Waals surface area contributed by atoms with Gasteiger partial charge in [-0.2, -0.15) is 0 Å². The molecule has 130 valence electrons. The summed E-state index contributed by atoms with van der Waals surface area (Å²) in [5.41, 5.74) is 2.19. The Morgan fingerprint density at radius 1 is 1.00 bits per heavy atom. The van der Waals surface area contributed by atoms with Gasteiger partial charge in [0, 0.05) is 20.1 Å². The lowest BCUT2D eigenvalue weighted by Gasteiger charge is -2.51. The van der Waals surface area contributed by atoms with E-state index in [1.165, 1.54) is 18.5 Å². The average molecular weight is 326 g/mol. The molecular formula is C21H30N2O. The third-order valence-electron chi connectivity index (χ3n) is 6.57. The van der Waals surface area contributed by atoms with Gasteiger partial charge in [-0.3, -0.25) is 4.79 Å².